The van der Waals surface area contributed by atoms with Gasteiger partial charge in [0.05, 0.1) is 11.1 Å². The zero-order valence-corrected chi connectivity index (χ0v) is 18.4. The van der Waals surface area contributed by atoms with Crippen LogP contribution in [0, 0.1) is 0 Å². The van der Waals surface area contributed by atoms with Gasteiger partial charge in [-0.25, -0.2) is 19.4 Å². The molecule has 0 spiro atoms. The lowest BCUT2D eigenvalue weighted by Gasteiger charge is -2.24. The number of carbonyl (C=O) groups excluding carboxylic acids is 2. The molecule has 0 N–H and O–H groups in total. The first-order chi connectivity index (χ1) is 12.8. The van der Waals surface area contributed by atoms with Gasteiger partial charge in [-0.1, -0.05) is 76.9 Å². The van der Waals surface area contributed by atoms with E-state index in [4.69, 9.17) is 33.0 Å². The summed E-state index contributed by atoms with van der Waals surface area (Å²) in [7, 11) is 0. The number of hydrogen-bond donors (Lipinski definition) is 0. The van der Waals surface area contributed by atoms with Crippen LogP contribution in [0.5, 0.6) is 0 Å². The van der Waals surface area contributed by atoms with Crippen LogP contribution < -0.4 is 0 Å². The van der Waals surface area contributed by atoms with Gasteiger partial charge >= 0.3 is 11.9 Å². The van der Waals surface area contributed by atoms with Crippen LogP contribution in [0.25, 0.3) is 0 Å². The molecule has 2 aromatic carbocycles. The van der Waals surface area contributed by atoms with E-state index in [9.17, 15) is 9.59 Å². The van der Waals surface area contributed by atoms with Crippen molar-refractivity contribution in [1.29, 1.82) is 0 Å². The molecular weight excluding hydrogens is 399 g/mol. The molecule has 0 aliphatic heterocycles. The molecule has 0 aliphatic rings. The van der Waals surface area contributed by atoms with Gasteiger partial charge < -0.3 is 0 Å². The summed E-state index contributed by atoms with van der Waals surface area (Å²) in [4.78, 5) is 34.8. The van der Waals surface area contributed by atoms with Gasteiger partial charge in [0.25, 0.3) is 0 Å². The lowest BCUT2D eigenvalue weighted by Crippen LogP contribution is -2.22. The summed E-state index contributed by atoms with van der Waals surface area (Å²) in [5, 5.41) is 0.885. The molecule has 0 aliphatic carbocycles. The minimum atomic E-state index is -0.792. The summed E-state index contributed by atoms with van der Waals surface area (Å²) in [5.74, 6) is -1.58. The van der Waals surface area contributed by atoms with Crippen molar-refractivity contribution in [1.82, 2.24) is 0 Å². The molecule has 0 unspecified atom stereocenters. The normalized spacial score (nSPS) is 11.9. The summed E-state index contributed by atoms with van der Waals surface area (Å²) in [5.41, 5.74) is 0.933. The van der Waals surface area contributed by atoms with Gasteiger partial charge in [-0.2, -0.15) is 0 Å². The van der Waals surface area contributed by atoms with Crippen LogP contribution >= 0.6 is 23.2 Å². The maximum absolute atomic E-state index is 12.6. The van der Waals surface area contributed by atoms with E-state index in [0.29, 0.717) is 21.2 Å². The smallest absolute Gasteiger partial charge is 0.241 e. The van der Waals surface area contributed by atoms with Gasteiger partial charge in [0.15, 0.2) is 0 Å². The van der Waals surface area contributed by atoms with E-state index in [1.165, 1.54) is 0 Å². The van der Waals surface area contributed by atoms with Crippen molar-refractivity contribution in [2.75, 3.05) is 0 Å². The lowest BCUT2D eigenvalue weighted by molar-refractivity contribution is -0.187. The molecule has 0 saturated heterocycles. The van der Waals surface area contributed by atoms with E-state index in [2.05, 4.69) is 0 Å². The molecule has 0 radical (unpaired) electrons. The fourth-order valence-electron chi connectivity index (χ4n) is 3.08. The summed E-state index contributed by atoms with van der Waals surface area (Å²) in [6.07, 6.45) is 0. The third-order valence-corrected chi connectivity index (χ3v) is 4.79. The molecule has 0 fully saturated rings. The first-order valence-electron chi connectivity index (χ1n) is 8.85. The third-order valence-electron chi connectivity index (χ3n) is 4.16. The van der Waals surface area contributed by atoms with Crippen LogP contribution in [0.15, 0.2) is 36.4 Å². The first kappa shape index (κ1) is 22.3. The Morgan fingerprint density at radius 3 is 1.29 bits per heavy atom. The number of carbonyl (C=O) groups is 2. The highest BCUT2D eigenvalue weighted by atomic mass is 35.5. The first-order valence-corrected chi connectivity index (χ1v) is 9.61. The fourth-order valence-corrected chi connectivity index (χ4v) is 3.99. The average Bonchev–Trinajstić information content (AvgIpc) is 2.56. The SMILES string of the molecule is CC(C)(C)c1c(Cl)cccc1C(=O)OOC(=O)c1cccc(Cl)c1C(C)(C)C. The second kappa shape index (κ2) is 8.14. The topological polar surface area (TPSA) is 52.6 Å². The van der Waals surface area contributed by atoms with E-state index in [1.54, 1.807) is 36.4 Å². The molecule has 0 bridgehead atoms. The number of rotatable bonds is 2. The molecule has 0 heterocycles. The van der Waals surface area contributed by atoms with Crippen LogP contribution in [0.2, 0.25) is 10.0 Å². The van der Waals surface area contributed by atoms with Crippen LogP contribution in [0.1, 0.15) is 73.4 Å². The van der Waals surface area contributed by atoms with Crippen LogP contribution in [0.3, 0.4) is 0 Å². The predicted octanol–water partition coefficient (Wildman–Crippen LogP) is 6.52. The van der Waals surface area contributed by atoms with Gasteiger partial charge in [0, 0.05) is 10.0 Å². The van der Waals surface area contributed by atoms with Crippen molar-refractivity contribution in [3.8, 4) is 0 Å². The number of hydrogen-bond acceptors (Lipinski definition) is 4. The van der Waals surface area contributed by atoms with E-state index in [1.807, 2.05) is 41.5 Å². The molecular formula is C22H24Cl2O4. The third kappa shape index (κ3) is 4.86. The highest BCUT2D eigenvalue weighted by molar-refractivity contribution is 6.32. The molecule has 2 rings (SSSR count). The molecule has 0 amide bonds. The Bertz CT molecular complexity index is 830. The Hall–Kier alpha value is -2.04. The molecule has 0 atom stereocenters. The Balaban J connectivity index is 2.28. The Morgan fingerprint density at radius 1 is 0.679 bits per heavy atom. The van der Waals surface area contributed by atoms with Gasteiger partial charge in [0.1, 0.15) is 0 Å². The second-order valence-corrected chi connectivity index (χ2v) is 9.38. The van der Waals surface area contributed by atoms with E-state index in [-0.39, 0.29) is 11.1 Å². The lowest BCUT2D eigenvalue weighted by atomic mass is 9.83. The van der Waals surface area contributed by atoms with Crippen LogP contribution in [0.4, 0.5) is 0 Å². The molecule has 0 aromatic heterocycles. The maximum Gasteiger partial charge on any atom is 0.386 e. The Kier molecular flexibility index (Phi) is 6.47. The molecule has 2 aromatic rings. The van der Waals surface area contributed by atoms with E-state index < -0.39 is 22.8 Å². The summed E-state index contributed by atoms with van der Waals surface area (Å²) < 4.78 is 0. The Morgan fingerprint density at radius 2 is 1.00 bits per heavy atom. The van der Waals surface area contributed by atoms with Crippen molar-refractivity contribution in [3.63, 3.8) is 0 Å². The van der Waals surface area contributed by atoms with Gasteiger partial charge in [-0.3, -0.25) is 0 Å². The average molecular weight is 423 g/mol. The van der Waals surface area contributed by atoms with Crippen molar-refractivity contribution in [2.45, 2.75) is 52.4 Å². The molecule has 4 nitrogen and oxygen atoms in total. The van der Waals surface area contributed by atoms with Crippen LogP contribution in [-0.4, -0.2) is 11.9 Å². The summed E-state index contributed by atoms with van der Waals surface area (Å²) in [6.45, 7) is 11.6. The highest BCUT2D eigenvalue weighted by Crippen LogP contribution is 2.34. The van der Waals surface area contributed by atoms with Crippen molar-refractivity contribution in [3.05, 3.63) is 68.7 Å². The number of benzene rings is 2. The summed E-state index contributed by atoms with van der Waals surface area (Å²) in [6, 6.07) is 9.86. The van der Waals surface area contributed by atoms with Gasteiger partial charge in [-0.15, -0.1) is 0 Å². The highest BCUT2D eigenvalue weighted by Gasteiger charge is 2.29. The monoisotopic (exact) mass is 422 g/mol. The van der Waals surface area contributed by atoms with Gasteiger partial charge in [-0.05, 0) is 46.2 Å². The standard InChI is InChI=1S/C22H24Cl2O4/c1-21(2,3)17-13(9-7-11-15(17)23)19(25)27-28-20(26)14-10-8-12-16(24)18(14)22(4,5)6/h7-12H,1-6H3. The zero-order valence-electron chi connectivity index (χ0n) is 16.9. The zero-order chi connectivity index (χ0) is 21.3. The minimum Gasteiger partial charge on any atom is -0.241 e. The van der Waals surface area contributed by atoms with E-state index in [0.717, 1.165) is 0 Å². The van der Waals surface area contributed by atoms with Crippen molar-refractivity contribution >= 4 is 35.1 Å². The molecule has 0 saturated carbocycles. The minimum absolute atomic E-state index is 0.245. The van der Waals surface area contributed by atoms with Crippen LogP contribution in [-0.2, 0) is 20.6 Å². The quantitative estimate of drug-likeness (QED) is 0.408. The predicted molar refractivity (Wildman–Crippen MR) is 111 cm³/mol. The fraction of sp³-hybridized carbons (Fsp3) is 0.364. The Labute approximate surface area is 175 Å². The largest absolute Gasteiger partial charge is 0.386 e. The van der Waals surface area contributed by atoms with Gasteiger partial charge in [0.2, 0.25) is 0 Å². The number of halogens is 2. The second-order valence-electron chi connectivity index (χ2n) is 8.57. The van der Waals surface area contributed by atoms with Crippen molar-refractivity contribution < 1.29 is 19.4 Å². The molecule has 6 heteroatoms. The maximum atomic E-state index is 12.6. The molecule has 150 valence electrons. The summed E-state index contributed by atoms with van der Waals surface area (Å²) >= 11 is 12.5. The molecule has 28 heavy (non-hydrogen) atoms. The van der Waals surface area contributed by atoms with E-state index >= 15 is 0 Å². The van der Waals surface area contributed by atoms with Crippen molar-refractivity contribution in [2.24, 2.45) is 0 Å².